The SMILES string of the molecule is COC(=O)[C@]1(O)CCc2oc3cc(C)cc(O)c3c(=O)c21. The Balaban J connectivity index is 2.39. The quantitative estimate of drug-likeness (QED) is 0.764. The normalized spacial score (nSPS) is 20.5. The van der Waals surface area contributed by atoms with Gasteiger partial charge in [-0.2, -0.15) is 0 Å². The highest BCUT2D eigenvalue weighted by Crippen LogP contribution is 2.38. The van der Waals surface area contributed by atoms with E-state index in [2.05, 4.69) is 4.74 Å². The highest BCUT2D eigenvalue weighted by Gasteiger charge is 2.48. The maximum Gasteiger partial charge on any atom is 0.342 e. The molecule has 0 bridgehead atoms. The Morgan fingerprint density at radius 1 is 1.43 bits per heavy atom. The Kier molecular flexibility index (Phi) is 2.81. The van der Waals surface area contributed by atoms with E-state index in [-0.39, 0.29) is 40.9 Å². The van der Waals surface area contributed by atoms with Crippen molar-refractivity contribution in [1.82, 2.24) is 0 Å². The monoisotopic (exact) mass is 290 g/mol. The molecule has 6 nitrogen and oxygen atoms in total. The summed E-state index contributed by atoms with van der Waals surface area (Å²) in [6.45, 7) is 1.76. The molecular formula is C15H14O6. The highest BCUT2D eigenvalue weighted by molar-refractivity contribution is 5.88. The summed E-state index contributed by atoms with van der Waals surface area (Å²) in [5, 5.41) is 20.4. The summed E-state index contributed by atoms with van der Waals surface area (Å²) in [4.78, 5) is 24.4. The van der Waals surface area contributed by atoms with E-state index < -0.39 is 17.0 Å². The van der Waals surface area contributed by atoms with E-state index >= 15 is 0 Å². The Bertz CT molecular complexity index is 819. The minimum absolute atomic E-state index is 0.0177. The first kappa shape index (κ1) is 13.6. The molecule has 110 valence electrons. The fourth-order valence-corrected chi connectivity index (χ4v) is 2.87. The van der Waals surface area contributed by atoms with Gasteiger partial charge in [-0.25, -0.2) is 4.79 Å². The Hall–Kier alpha value is -2.34. The van der Waals surface area contributed by atoms with Crippen molar-refractivity contribution in [2.24, 2.45) is 0 Å². The zero-order valence-electron chi connectivity index (χ0n) is 11.6. The summed E-state index contributed by atoms with van der Waals surface area (Å²) in [6.07, 6.45) is 0.268. The number of carbonyl (C=O) groups excluding carboxylic acids is 1. The molecule has 3 rings (SSSR count). The topological polar surface area (TPSA) is 97.0 Å². The summed E-state index contributed by atoms with van der Waals surface area (Å²) >= 11 is 0. The maximum absolute atomic E-state index is 12.6. The summed E-state index contributed by atoms with van der Waals surface area (Å²) in [6, 6.07) is 3.06. The molecule has 1 heterocycles. The fraction of sp³-hybridized carbons (Fsp3) is 0.333. The van der Waals surface area contributed by atoms with Crippen LogP contribution in [0.2, 0.25) is 0 Å². The smallest absolute Gasteiger partial charge is 0.342 e. The van der Waals surface area contributed by atoms with Gasteiger partial charge in [-0.15, -0.1) is 0 Å². The molecule has 1 aromatic heterocycles. The maximum atomic E-state index is 12.6. The van der Waals surface area contributed by atoms with Crippen molar-refractivity contribution < 1.29 is 24.2 Å². The standard InChI is InChI=1S/C15H14O6/c1-7-5-8(16)11-10(6-7)21-9-3-4-15(19,14(18)20-2)12(9)13(11)17/h5-6,16,19H,3-4H2,1-2H3/t15-/m0/s1. The Morgan fingerprint density at radius 2 is 2.14 bits per heavy atom. The first-order chi connectivity index (χ1) is 9.88. The van der Waals surface area contributed by atoms with Gasteiger partial charge in [0.25, 0.3) is 0 Å². The van der Waals surface area contributed by atoms with Gasteiger partial charge in [0.1, 0.15) is 22.5 Å². The number of esters is 1. The van der Waals surface area contributed by atoms with Crippen LogP contribution >= 0.6 is 0 Å². The number of carbonyl (C=O) groups is 1. The number of rotatable bonds is 1. The van der Waals surface area contributed by atoms with Gasteiger partial charge < -0.3 is 19.4 Å². The number of hydrogen-bond donors (Lipinski definition) is 2. The molecule has 2 aromatic rings. The fourth-order valence-electron chi connectivity index (χ4n) is 2.87. The molecule has 2 N–H and O–H groups in total. The predicted molar refractivity (Wildman–Crippen MR) is 73.1 cm³/mol. The van der Waals surface area contributed by atoms with Crippen LogP contribution in [0.5, 0.6) is 5.75 Å². The van der Waals surface area contributed by atoms with Crippen LogP contribution in [0.15, 0.2) is 21.3 Å². The number of phenolic OH excluding ortho intramolecular Hbond substituents is 1. The molecule has 0 fully saturated rings. The minimum Gasteiger partial charge on any atom is -0.507 e. The summed E-state index contributed by atoms with van der Waals surface area (Å²) in [5.74, 6) is -0.884. The lowest BCUT2D eigenvalue weighted by Crippen LogP contribution is -2.38. The number of hydrogen-bond acceptors (Lipinski definition) is 6. The van der Waals surface area contributed by atoms with Gasteiger partial charge in [0.15, 0.2) is 5.60 Å². The number of fused-ring (bicyclic) bond motifs is 2. The molecule has 0 radical (unpaired) electrons. The van der Waals surface area contributed by atoms with E-state index in [0.717, 1.165) is 12.7 Å². The third kappa shape index (κ3) is 1.76. The van der Waals surface area contributed by atoms with Crippen LogP contribution in [0.4, 0.5) is 0 Å². The lowest BCUT2D eigenvalue weighted by atomic mass is 9.95. The van der Waals surface area contributed by atoms with Crippen molar-refractivity contribution >= 4 is 16.9 Å². The van der Waals surface area contributed by atoms with Crippen LogP contribution in [0.25, 0.3) is 11.0 Å². The van der Waals surface area contributed by atoms with E-state index in [1.165, 1.54) is 6.07 Å². The zero-order valence-corrected chi connectivity index (χ0v) is 11.6. The Morgan fingerprint density at radius 3 is 2.81 bits per heavy atom. The summed E-state index contributed by atoms with van der Waals surface area (Å²) in [5.41, 5.74) is -1.78. The van der Waals surface area contributed by atoms with Crippen LogP contribution in [-0.4, -0.2) is 23.3 Å². The molecule has 1 atom stereocenters. The number of methoxy groups -OCH3 is 1. The van der Waals surface area contributed by atoms with Crippen LogP contribution in [-0.2, 0) is 21.6 Å². The van der Waals surface area contributed by atoms with E-state index in [9.17, 15) is 19.8 Å². The second-order valence-electron chi connectivity index (χ2n) is 5.24. The lowest BCUT2D eigenvalue weighted by molar-refractivity contribution is -0.163. The average Bonchev–Trinajstić information content (AvgIpc) is 2.76. The van der Waals surface area contributed by atoms with Gasteiger partial charge in [-0.05, 0) is 31.0 Å². The molecule has 0 saturated carbocycles. The van der Waals surface area contributed by atoms with Crippen LogP contribution in [0.3, 0.4) is 0 Å². The molecule has 1 aromatic carbocycles. The number of ether oxygens (including phenoxy) is 1. The van der Waals surface area contributed by atoms with E-state index in [1.807, 2.05) is 0 Å². The van der Waals surface area contributed by atoms with Crippen LogP contribution < -0.4 is 5.43 Å². The van der Waals surface area contributed by atoms with Gasteiger partial charge in [0.05, 0.1) is 12.7 Å². The minimum atomic E-state index is -2.02. The highest BCUT2D eigenvalue weighted by atomic mass is 16.5. The zero-order chi connectivity index (χ0) is 15.4. The second-order valence-corrected chi connectivity index (χ2v) is 5.24. The van der Waals surface area contributed by atoms with E-state index in [0.29, 0.717) is 0 Å². The van der Waals surface area contributed by atoms with Crippen LogP contribution in [0, 0.1) is 6.92 Å². The van der Waals surface area contributed by atoms with Gasteiger partial charge in [-0.3, -0.25) is 4.79 Å². The summed E-state index contributed by atoms with van der Waals surface area (Å²) in [7, 11) is 1.14. The number of aromatic hydroxyl groups is 1. The molecule has 0 unspecified atom stereocenters. The Labute approximate surface area is 119 Å². The molecule has 1 aliphatic rings. The lowest BCUT2D eigenvalue weighted by Gasteiger charge is -2.19. The summed E-state index contributed by atoms with van der Waals surface area (Å²) < 4.78 is 10.2. The molecule has 0 aliphatic heterocycles. The van der Waals surface area contributed by atoms with E-state index in [1.54, 1.807) is 13.0 Å². The average molecular weight is 290 g/mol. The number of aliphatic hydroxyl groups is 1. The van der Waals surface area contributed by atoms with E-state index in [4.69, 9.17) is 4.42 Å². The predicted octanol–water partition coefficient (Wildman–Crippen LogP) is 1.11. The molecule has 6 heteroatoms. The molecule has 0 spiro atoms. The molecule has 0 amide bonds. The van der Waals surface area contributed by atoms with Crippen molar-refractivity contribution in [3.63, 3.8) is 0 Å². The third-order valence-electron chi connectivity index (χ3n) is 3.84. The number of phenols is 1. The molecule has 1 aliphatic carbocycles. The molecular weight excluding hydrogens is 276 g/mol. The van der Waals surface area contributed by atoms with Gasteiger partial charge in [-0.1, -0.05) is 0 Å². The van der Waals surface area contributed by atoms with Gasteiger partial charge >= 0.3 is 5.97 Å². The van der Waals surface area contributed by atoms with Crippen LogP contribution in [0.1, 0.15) is 23.3 Å². The van der Waals surface area contributed by atoms with Gasteiger partial charge in [0.2, 0.25) is 5.43 Å². The third-order valence-corrected chi connectivity index (χ3v) is 3.84. The van der Waals surface area contributed by atoms with Gasteiger partial charge in [0, 0.05) is 6.42 Å². The first-order valence-electron chi connectivity index (χ1n) is 6.49. The van der Waals surface area contributed by atoms with Crippen molar-refractivity contribution in [3.8, 4) is 5.75 Å². The first-order valence-corrected chi connectivity index (χ1v) is 6.49. The number of aryl methyl sites for hydroxylation is 2. The largest absolute Gasteiger partial charge is 0.507 e. The number of benzene rings is 1. The van der Waals surface area contributed by atoms with Crippen molar-refractivity contribution in [1.29, 1.82) is 0 Å². The molecule has 0 saturated heterocycles. The van der Waals surface area contributed by atoms with Crippen molar-refractivity contribution in [2.75, 3.05) is 7.11 Å². The van der Waals surface area contributed by atoms with Crippen molar-refractivity contribution in [3.05, 3.63) is 39.2 Å². The second kappa shape index (κ2) is 4.33. The molecule has 21 heavy (non-hydrogen) atoms. The van der Waals surface area contributed by atoms with Crippen molar-refractivity contribution in [2.45, 2.75) is 25.4 Å².